The number of terminal acetylenes is 1. The van der Waals surface area contributed by atoms with Crippen molar-refractivity contribution < 1.29 is 0 Å². The van der Waals surface area contributed by atoms with Gasteiger partial charge in [0.15, 0.2) is 0 Å². The molecule has 2 heteroatoms. The Morgan fingerprint density at radius 1 is 1.18 bits per heavy atom. The van der Waals surface area contributed by atoms with Crippen molar-refractivity contribution in [3.8, 4) is 12.3 Å². The van der Waals surface area contributed by atoms with Gasteiger partial charge in [-0.1, -0.05) is 48.4 Å². The van der Waals surface area contributed by atoms with Crippen molar-refractivity contribution >= 4 is 5.69 Å². The molecule has 2 rings (SSSR count). The largest absolute Gasteiger partial charge is 0.369 e. The van der Waals surface area contributed by atoms with Crippen LogP contribution in [0, 0.1) is 12.3 Å². The van der Waals surface area contributed by atoms with E-state index in [0.29, 0.717) is 0 Å². The molecule has 0 unspecified atom stereocenters. The number of hydrogen-bond acceptors (Lipinski definition) is 2. The van der Waals surface area contributed by atoms with Gasteiger partial charge < -0.3 is 4.90 Å². The molecule has 0 bridgehead atoms. The van der Waals surface area contributed by atoms with E-state index in [1.54, 1.807) is 6.08 Å². The van der Waals surface area contributed by atoms with Crippen molar-refractivity contribution in [2.24, 2.45) is 0 Å². The molecule has 1 aliphatic rings. The lowest BCUT2D eigenvalue weighted by atomic mass is 10.2. The van der Waals surface area contributed by atoms with Crippen LogP contribution in [0.25, 0.3) is 0 Å². The minimum absolute atomic E-state index is 0.827. The number of benzene rings is 1. The number of hydrogen-bond donors (Lipinski definition) is 0. The summed E-state index contributed by atoms with van der Waals surface area (Å²) in [6.45, 7) is 11.2. The topological polar surface area (TPSA) is 6.48 Å². The first kappa shape index (κ1) is 16.1. The summed E-state index contributed by atoms with van der Waals surface area (Å²) in [5.74, 6) is 2.61. The van der Waals surface area contributed by atoms with Crippen LogP contribution in [-0.2, 0) is 0 Å². The summed E-state index contributed by atoms with van der Waals surface area (Å²) in [6, 6.07) is 10.6. The quantitative estimate of drug-likeness (QED) is 0.605. The normalized spacial score (nSPS) is 17.2. The molecule has 0 aromatic heterocycles. The molecule has 1 heterocycles. The van der Waals surface area contributed by atoms with Gasteiger partial charge in [-0.2, -0.15) is 0 Å². The van der Waals surface area contributed by atoms with E-state index in [4.69, 9.17) is 6.42 Å². The molecule has 1 aromatic rings. The van der Waals surface area contributed by atoms with Crippen LogP contribution in [0.5, 0.6) is 0 Å². The molecule has 0 saturated carbocycles. The van der Waals surface area contributed by atoms with Crippen molar-refractivity contribution in [2.75, 3.05) is 37.6 Å². The summed E-state index contributed by atoms with van der Waals surface area (Å²) in [5.41, 5.74) is 3.47. The van der Waals surface area contributed by atoms with Gasteiger partial charge in [-0.15, -0.1) is 6.42 Å². The molecule has 1 fully saturated rings. The Bertz CT molecular complexity index is 582. The van der Waals surface area contributed by atoms with E-state index < -0.39 is 0 Å². The minimum Gasteiger partial charge on any atom is -0.369 e. The van der Waals surface area contributed by atoms with Crippen LogP contribution in [0.15, 0.2) is 66.3 Å². The van der Waals surface area contributed by atoms with Crippen molar-refractivity contribution in [3.05, 3.63) is 66.3 Å². The van der Waals surface area contributed by atoms with Gasteiger partial charge in [0.25, 0.3) is 0 Å². The Hall–Kier alpha value is -2.24. The van der Waals surface area contributed by atoms with Crippen molar-refractivity contribution in [1.82, 2.24) is 4.90 Å². The lowest BCUT2D eigenvalue weighted by Gasteiger charge is -2.36. The highest BCUT2D eigenvalue weighted by molar-refractivity contribution is 5.46. The van der Waals surface area contributed by atoms with Crippen molar-refractivity contribution in [1.29, 1.82) is 0 Å². The first-order valence-electron chi connectivity index (χ1n) is 7.72. The maximum atomic E-state index is 5.39. The number of rotatable bonds is 5. The first-order chi connectivity index (χ1) is 10.7. The predicted molar refractivity (Wildman–Crippen MR) is 96.0 cm³/mol. The zero-order valence-corrected chi connectivity index (χ0v) is 13.3. The number of allylic oxidation sites excluding steroid dienone is 4. The second kappa shape index (κ2) is 8.26. The molecule has 0 spiro atoms. The molecule has 1 saturated heterocycles. The fourth-order valence-corrected chi connectivity index (χ4v) is 2.62. The fraction of sp³-hybridized carbons (Fsp3) is 0.300. The second-order valence-corrected chi connectivity index (χ2v) is 5.58. The highest BCUT2D eigenvalue weighted by Gasteiger charge is 2.16. The number of nitrogens with zero attached hydrogens (tertiary/aromatic N) is 2. The summed E-state index contributed by atoms with van der Waals surface area (Å²) in [5, 5.41) is 0. The third kappa shape index (κ3) is 4.65. The second-order valence-electron chi connectivity index (χ2n) is 5.58. The van der Waals surface area contributed by atoms with E-state index in [1.165, 1.54) is 11.3 Å². The molecule has 0 N–H and O–H groups in total. The van der Waals surface area contributed by atoms with Gasteiger partial charge in [0.1, 0.15) is 0 Å². The zero-order valence-electron chi connectivity index (χ0n) is 13.3. The molecule has 114 valence electrons. The van der Waals surface area contributed by atoms with Gasteiger partial charge in [-0.05, 0) is 25.1 Å². The van der Waals surface area contributed by atoms with Crippen LogP contribution in [0.2, 0.25) is 0 Å². The van der Waals surface area contributed by atoms with Gasteiger partial charge in [-0.25, -0.2) is 0 Å². The highest BCUT2D eigenvalue weighted by atomic mass is 15.3. The predicted octanol–water partition coefficient (Wildman–Crippen LogP) is 3.50. The average molecular weight is 292 g/mol. The Kier molecular flexibility index (Phi) is 6.06. The van der Waals surface area contributed by atoms with Gasteiger partial charge >= 0.3 is 0 Å². The smallest absolute Gasteiger partial charge is 0.0367 e. The third-order valence-corrected chi connectivity index (χ3v) is 3.90. The number of piperazine rings is 1. The van der Waals surface area contributed by atoms with Crippen molar-refractivity contribution in [3.63, 3.8) is 0 Å². The van der Waals surface area contributed by atoms with Crippen LogP contribution in [0.3, 0.4) is 0 Å². The average Bonchev–Trinajstić information content (AvgIpc) is 2.57. The van der Waals surface area contributed by atoms with Gasteiger partial charge in [0.05, 0.1) is 0 Å². The van der Waals surface area contributed by atoms with Crippen LogP contribution in [0.1, 0.15) is 6.92 Å². The van der Waals surface area contributed by atoms with Gasteiger partial charge in [-0.3, -0.25) is 4.90 Å². The molecule has 1 aromatic carbocycles. The van der Waals surface area contributed by atoms with E-state index >= 15 is 0 Å². The molecule has 22 heavy (non-hydrogen) atoms. The molecular weight excluding hydrogens is 268 g/mol. The molecule has 0 radical (unpaired) electrons. The highest BCUT2D eigenvalue weighted by Crippen LogP contribution is 2.16. The van der Waals surface area contributed by atoms with Crippen LogP contribution < -0.4 is 4.90 Å². The van der Waals surface area contributed by atoms with Gasteiger partial charge in [0, 0.05) is 44.0 Å². The summed E-state index contributed by atoms with van der Waals surface area (Å²) >= 11 is 0. The molecule has 2 nitrogen and oxygen atoms in total. The van der Waals surface area contributed by atoms with E-state index in [-0.39, 0.29) is 0 Å². The minimum atomic E-state index is 0.827. The monoisotopic (exact) mass is 292 g/mol. The summed E-state index contributed by atoms with van der Waals surface area (Å²) in [4.78, 5) is 4.94. The van der Waals surface area contributed by atoms with Crippen molar-refractivity contribution in [2.45, 2.75) is 6.92 Å². The molecular formula is C20H24N2. The third-order valence-electron chi connectivity index (χ3n) is 3.90. The molecule has 0 atom stereocenters. The number of para-hydroxylation sites is 1. The fourth-order valence-electron chi connectivity index (χ4n) is 2.62. The standard InChI is InChI=1S/C20H24N2/c1-4-19(5-2)12-11-18(3)17-21-13-15-22(16-14-21)20-9-7-6-8-10-20/h1,5-12H,2,13-17H2,3H3/b18-11+,19-12+. The van der Waals surface area contributed by atoms with E-state index in [0.717, 1.165) is 38.3 Å². The van der Waals surface area contributed by atoms with E-state index in [9.17, 15) is 0 Å². The Morgan fingerprint density at radius 3 is 2.45 bits per heavy atom. The SMILES string of the molecule is C#C/C(C=C)=C\C=C(/C)CN1CCN(c2ccccc2)CC1. The first-order valence-corrected chi connectivity index (χ1v) is 7.72. The lowest BCUT2D eigenvalue weighted by molar-refractivity contribution is 0.278. The Morgan fingerprint density at radius 2 is 1.86 bits per heavy atom. The molecule has 1 aliphatic heterocycles. The summed E-state index contributed by atoms with van der Waals surface area (Å²) < 4.78 is 0. The van der Waals surface area contributed by atoms with Crippen LogP contribution in [0.4, 0.5) is 5.69 Å². The maximum absolute atomic E-state index is 5.39. The van der Waals surface area contributed by atoms with Crippen LogP contribution in [-0.4, -0.2) is 37.6 Å². The molecule has 0 aliphatic carbocycles. The zero-order chi connectivity index (χ0) is 15.8. The Balaban J connectivity index is 1.85. The van der Waals surface area contributed by atoms with Gasteiger partial charge in [0.2, 0.25) is 0 Å². The summed E-state index contributed by atoms with van der Waals surface area (Å²) in [7, 11) is 0. The maximum Gasteiger partial charge on any atom is 0.0367 e. The van der Waals surface area contributed by atoms with E-state index in [2.05, 4.69) is 65.6 Å². The Labute approximate surface area is 134 Å². The molecule has 0 amide bonds. The lowest BCUT2D eigenvalue weighted by Crippen LogP contribution is -2.46. The summed E-state index contributed by atoms with van der Waals surface area (Å²) in [6.07, 6.45) is 11.2. The number of anilines is 1. The van der Waals surface area contributed by atoms with Crippen LogP contribution >= 0.6 is 0 Å². The van der Waals surface area contributed by atoms with E-state index in [1.807, 2.05) is 6.08 Å².